The largest absolute Gasteiger partial charge is 0.507 e. The first kappa shape index (κ1) is 14.0. The first-order valence-corrected chi connectivity index (χ1v) is 6.62. The topological polar surface area (TPSA) is 65.0 Å². The van der Waals surface area contributed by atoms with Gasteiger partial charge in [0.25, 0.3) is 0 Å². The number of hydrogen-bond acceptors (Lipinski definition) is 5. The third kappa shape index (κ3) is 2.26. The highest BCUT2D eigenvalue weighted by Gasteiger charge is 2.32. The summed E-state index contributed by atoms with van der Waals surface area (Å²) in [7, 11) is 3.00. The standard InChI is InChI=1S/C17H14O5/c1-20-11-8-13(21-2)16-14(9-11)22-15(17(16)19)7-10-5-3-4-6-12(10)18/h3-9,18H,1-2H3/b15-7-. The zero-order valence-electron chi connectivity index (χ0n) is 12.1. The molecule has 0 aromatic heterocycles. The average Bonchev–Trinajstić information content (AvgIpc) is 2.85. The quantitative estimate of drug-likeness (QED) is 0.882. The van der Waals surface area contributed by atoms with E-state index < -0.39 is 0 Å². The second-order valence-corrected chi connectivity index (χ2v) is 4.70. The molecule has 2 aromatic rings. The molecule has 0 fully saturated rings. The number of carbonyl (C=O) groups is 1. The molecular formula is C17H14O5. The second-order valence-electron chi connectivity index (χ2n) is 4.70. The highest BCUT2D eigenvalue weighted by atomic mass is 16.5. The van der Waals surface area contributed by atoms with E-state index in [4.69, 9.17) is 14.2 Å². The van der Waals surface area contributed by atoms with Crippen LogP contribution in [0.3, 0.4) is 0 Å². The number of carbonyl (C=O) groups excluding carboxylic acids is 1. The lowest BCUT2D eigenvalue weighted by Gasteiger charge is -2.07. The first-order valence-electron chi connectivity index (χ1n) is 6.62. The molecule has 0 saturated heterocycles. The number of benzene rings is 2. The van der Waals surface area contributed by atoms with Crippen LogP contribution >= 0.6 is 0 Å². The third-order valence-electron chi connectivity index (χ3n) is 3.39. The van der Waals surface area contributed by atoms with Crippen LogP contribution in [-0.2, 0) is 0 Å². The van der Waals surface area contributed by atoms with E-state index >= 15 is 0 Å². The molecule has 2 aromatic carbocycles. The fraction of sp³-hybridized carbons (Fsp3) is 0.118. The van der Waals surface area contributed by atoms with E-state index in [9.17, 15) is 9.90 Å². The van der Waals surface area contributed by atoms with Crippen LogP contribution in [0.25, 0.3) is 6.08 Å². The van der Waals surface area contributed by atoms with Crippen LogP contribution in [0.4, 0.5) is 0 Å². The van der Waals surface area contributed by atoms with Crippen molar-refractivity contribution in [3.63, 3.8) is 0 Å². The summed E-state index contributed by atoms with van der Waals surface area (Å²) in [5.41, 5.74) is 0.856. The van der Waals surface area contributed by atoms with Crippen molar-refractivity contribution < 1.29 is 24.1 Å². The maximum absolute atomic E-state index is 12.5. The number of phenolic OH excluding ortho intramolecular Hbond substituents is 1. The molecule has 0 bridgehead atoms. The number of phenols is 1. The highest BCUT2D eigenvalue weighted by molar-refractivity contribution is 6.16. The Morgan fingerprint density at radius 3 is 2.59 bits per heavy atom. The van der Waals surface area contributed by atoms with Gasteiger partial charge >= 0.3 is 0 Å². The molecule has 1 heterocycles. The van der Waals surface area contributed by atoms with Crippen molar-refractivity contribution in [3.05, 3.63) is 53.3 Å². The summed E-state index contributed by atoms with van der Waals surface area (Å²) in [5.74, 6) is 1.21. The van der Waals surface area contributed by atoms with Gasteiger partial charge in [-0.2, -0.15) is 0 Å². The number of methoxy groups -OCH3 is 2. The third-order valence-corrected chi connectivity index (χ3v) is 3.39. The monoisotopic (exact) mass is 298 g/mol. The number of aromatic hydroxyl groups is 1. The molecule has 0 atom stereocenters. The molecule has 0 radical (unpaired) electrons. The molecule has 1 aliphatic heterocycles. The van der Waals surface area contributed by atoms with Crippen molar-refractivity contribution in [1.82, 2.24) is 0 Å². The van der Waals surface area contributed by atoms with Crippen molar-refractivity contribution in [1.29, 1.82) is 0 Å². The number of hydrogen-bond donors (Lipinski definition) is 1. The van der Waals surface area contributed by atoms with Crippen LogP contribution in [0, 0.1) is 0 Å². The van der Waals surface area contributed by atoms with Crippen molar-refractivity contribution >= 4 is 11.9 Å². The minimum atomic E-state index is -0.294. The Hall–Kier alpha value is -2.95. The fourth-order valence-corrected chi connectivity index (χ4v) is 2.28. The lowest BCUT2D eigenvalue weighted by Crippen LogP contribution is -2.00. The normalized spacial score (nSPS) is 14.6. The Bertz CT molecular complexity index is 777. The van der Waals surface area contributed by atoms with Gasteiger partial charge in [-0.25, -0.2) is 0 Å². The first-order chi connectivity index (χ1) is 10.6. The molecule has 0 spiro atoms. The number of para-hydroxylation sites is 1. The van der Waals surface area contributed by atoms with Crippen LogP contribution in [0.2, 0.25) is 0 Å². The molecule has 0 unspecified atom stereocenters. The second kappa shape index (κ2) is 5.44. The molecular weight excluding hydrogens is 284 g/mol. The van der Waals surface area contributed by atoms with Crippen LogP contribution < -0.4 is 14.2 Å². The molecule has 1 aliphatic rings. The summed E-state index contributed by atoms with van der Waals surface area (Å²) in [4.78, 5) is 12.5. The van der Waals surface area contributed by atoms with E-state index in [1.165, 1.54) is 20.3 Å². The van der Waals surface area contributed by atoms with E-state index in [2.05, 4.69) is 0 Å². The molecule has 0 aliphatic carbocycles. The molecule has 3 rings (SSSR count). The maximum Gasteiger partial charge on any atom is 0.235 e. The molecule has 5 nitrogen and oxygen atoms in total. The van der Waals surface area contributed by atoms with Gasteiger partial charge in [-0.1, -0.05) is 18.2 Å². The predicted molar refractivity (Wildman–Crippen MR) is 80.6 cm³/mol. The number of rotatable bonds is 3. The number of ether oxygens (including phenoxy) is 3. The Labute approximate surface area is 127 Å². The van der Waals surface area contributed by atoms with Crippen LogP contribution in [0.5, 0.6) is 23.0 Å². The van der Waals surface area contributed by atoms with Gasteiger partial charge in [0.15, 0.2) is 5.76 Å². The van der Waals surface area contributed by atoms with Crippen molar-refractivity contribution in [3.8, 4) is 23.0 Å². The molecule has 5 heteroatoms. The van der Waals surface area contributed by atoms with E-state index in [-0.39, 0.29) is 17.3 Å². The van der Waals surface area contributed by atoms with Crippen LogP contribution in [0.15, 0.2) is 42.2 Å². The molecule has 1 N–H and O–H groups in total. The lowest BCUT2D eigenvalue weighted by atomic mass is 10.1. The van der Waals surface area contributed by atoms with E-state index in [1.54, 1.807) is 36.4 Å². The Morgan fingerprint density at radius 2 is 1.91 bits per heavy atom. The number of ketones is 1. The van der Waals surface area contributed by atoms with Crippen molar-refractivity contribution in [2.45, 2.75) is 0 Å². The van der Waals surface area contributed by atoms with E-state index in [0.717, 1.165) is 0 Å². The minimum absolute atomic E-state index is 0.0758. The number of Topliss-reactive ketones (excluding diaryl/α,β-unsaturated/α-hetero) is 1. The zero-order valence-corrected chi connectivity index (χ0v) is 12.1. The number of allylic oxidation sites excluding steroid dienone is 1. The summed E-state index contributed by atoms with van der Waals surface area (Å²) < 4.78 is 16.0. The smallest absolute Gasteiger partial charge is 0.235 e. The Morgan fingerprint density at radius 1 is 1.14 bits per heavy atom. The average molecular weight is 298 g/mol. The minimum Gasteiger partial charge on any atom is -0.507 e. The summed E-state index contributed by atoms with van der Waals surface area (Å²) in [6, 6.07) is 9.96. The van der Waals surface area contributed by atoms with Gasteiger partial charge in [0.2, 0.25) is 5.78 Å². The van der Waals surface area contributed by atoms with Crippen LogP contribution in [-0.4, -0.2) is 25.1 Å². The summed E-state index contributed by atoms with van der Waals surface area (Å²) in [6.07, 6.45) is 1.50. The summed E-state index contributed by atoms with van der Waals surface area (Å²) >= 11 is 0. The van der Waals surface area contributed by atoms with Gasteiger partial charge in [-0.3, -0.25) is 4.79 Å². The van der Waals surface area contributed by atoms with Gasteiger partial charge in [-0.15, -0.1) is 0 Å². The SMILES string of the molecule is COc1cc(OC)c2c(c1)O/C(=C\c1ccccc1O)C2=O. The predicted octanol–water partition coefficient (Wildman–Crippen LogP) is 3.03. The highest BCUT2D eigenvalue weighted by Crippen LogP contribution is 2.41. The zero-order chi connectivity index (χ0) is 15.7. The molecule has 22 heavy (non-hydrogen) atoms. The molecule has 112 valence electrons. The van der Waals surface area contributed by atoms with Crippen molar-refractivity contribution in [2.24, 2.45) is 0 Å². The van der Waals surface area contributed by atoms with Gasteiger partial charge in [-0.05, 0) is 12.1 Å². The Balaban J connectivity index is 2.06. The van der Waals surface area contributed by atoms with Crippen LogP contribution in [0.1, 0.15) is 15.9 Å². The summed E-state index contributed by atoms with van der Waals surface area (Å²) in [6.45, 7) is 0. The molecule has 0 saturated carbocycles. The molecule has 0 amide bonds. The van der Waals surface area contributed by atoms with E-state index in [0.29, 0.717) is 28.4 Å². The van der Waals surface area contributed by atoms with Gasteiger partial charge in [0, 0.05) is 17.7 Å². The van der Waals surface area contributed by atoms with Gasteiger partial charge < -0.3 is 19.3 Å². The fourth-order valence-electron chi connectivity index (χ4n) is 2.28. The van der Waals surface area contributed by atoms with Gasteiger partial charge in [0.1, 0.15) is 28.6 Å². The Kier molecular flexibility index (Phi) is 3.47. The summed E-state index contributed by atoms with van der Waals surface area (Å²) in [5, 5.41) is 9.80. The van der Waals surface area contributed by atoms with Crippen molar-refractivity contribution in [2.75, 3.05) is 14.2 Å². The van der Waals surface area contributed by atoms with Gasteiger partial charge in [0.05, 0.1) is 14.2 Å². The maximum atomic E-state index is 12.5. The van der Waals surface area contributed by atoms with E-state index in [1.807, 2.05) is 0 Å². The lowest BCUT2D eigenvalue weighted by molar-refractivity contribution is 0.101. The number of fused-ring (bicyclic) bond motifs is 1.